The number of nitrogens with one attached hydrogen (secondary N) is 2. The molecule has 3 rings (SSSR count). The third-order valence-electron chi connectivity index (χ3n) is 4.64. The maximum atomic E-state index is 3.61. The first kappa shape index (κ1) is 18.1. The monoisotopic (exact) mass is 344 g/mol. The largest absolute Gasteiger partial charge is 0.354 e. The number of hydrogen-bond donors (Lipinski definition) is 2. The molecule has 0 heterocycles. The highest BCUT2D eigenvalue weighted by Crippen LogP contribution is 2.32. The molecule has 0 aromatic heterocycles. The van der Waals surface area contributed by atoms with Crippen molar-refractivity contribution in [1.82, 2.24) is 0 Å². The average Bonchev–Trinajstić information content (AvgIpc) is 2.50. The Morgan fingerprint density at radius 1 is 0.423 bits per heavy atom. The number of aryl methyl sites for hydroxylation is 6. The molecule has 0 atom stereocenters. The quantitative estimate of drug-likeness (QED) is 0.531. The van der Waals surface area contributed by atoms with Crippen LogP contribution in [0.1, 0.15) is 33.4 Å². The number of benzene rings is 3. The summed E-state index contributed by atoms with van der Waals surface area (Å²) in [6.45, 7) is 12.8. The first-order chi connectivity index (χ1) is 12.3. The van der Waals surface area contributed by atoms with Gasteiger partial charge in [0.15, 0.2) is 0 Å². The van der Waals surface area contributed by atoms with Crippen LogP contribution >= 0.6 is 0 Å². The van der Waals surface area contributed by atoms with Crippen LogP contribution in [0.4, 0.5) is 22.7 Å². The molecule has 134 valence electrons. The zero-order chi connectivity index (χ0) is 18.8. The lowest BCUT2D eigenvalue weighted by molar-refractivity contribution is 1.32. The van der Waals surface area contributed by atoms with Crippen molar-refractivity contribution in [2.75, 3.05) is 10.6 Å². The fraction of sp³-hybridized carbons (Fsp3) is 0.250. The minimum atomic E-state index is 1.09. The molecule has 0 radical (unpaired) electrons. The van der Waals surface area contributed by atoms with Crippen LogP contribution < -0.4 is 10.6 Å². The van der Waals surface area contributed by atoms with Gasteiger partial charge in [0.05, 0.1) is 11.4 Å². The van der Waals surface area contributed by atoms with Gasteiger partial charge in [-0.3, -0.25) is 0 Å². The van der Waals surface area contributed by atoms with Gasteiger partial charge in [-0.2, -0.15) is 0 Å². The van der Waals surface area contributed by atoms with E-state index < -0.39 is 0 Å². The maximum Gasteiger partial charge on any atom is 0.0626 e. The van der Waals surface area contributed by atoms with Gasteiger partial charge in [-0.25, -0.2) is 0 Å². The van der Waals surface area contributed by atoms with Crippen molar-refractivity contribution in [3.05, 3.63) is 81.9 Å². The summed E-state index contributed by atoms with van der Waals surface area (Å²) in [7, 11) is 0. The highest BCUT2D eigenvalue weighted by molar-refractivity contribution is 5.80. The van der Waals surface area contributed by atoms with Crippen LogP contribution in [0.3, 0.4) is 0 Å². The molecule has 0 fully saturated rings. The molecule has 3 aromatic carbocycles. The zero-order valence-electron chi connectivity index (χ0n) is 16.6. The Morgan fingerprint density at radius 3 is 1.04 bits per heavy atom. The van der Waals surface area contributed by atoms with Crippen LogP contribution in [-0.2, 0) is 0 Å². The smallest absolute Gasteiger partial charge is 0.0626 e. The van der Waals surface area contributed by atoms with E-state index in [9.17, 15) is 0 Å². The molecule has 2 heteroatoms. The van der Waals surface area contributed by atoms with E-state index in [0.29, 0.717) is 0 Å². The van der Waals surface area contributed by atoms with E-state index in [4.69, 9.17) is 0 Å². The van der Waals surface area contributed by atoms with Crippen molar-refractivity contribution >= 4 is 22.7 Å². The summed E-state index contributed by atoms with van der Waals surface area (Å²) in [6.07, 6.45) is 0. The Balaban J connectivity index is 2.00. The molecule has 0 unspecified atom stereocenters. The molecule has 0 aliphatic rings. The minimum Gasteiger partial charge on any atom is -0.354 e. The molecule has 0 saturated carbocycles. The second-order valence-corrected chi connectivity index (χ2v) is 7.48. The Morgan fingerprint density at radius 2 is 0.731 bits per heavy atom. The zero-order valence-corrected chi connectivity index (χ0v) is 16.6. The van der Waals surface area contributed by atoms with Gasteiger partial charge in [-0.1, -0.05) is 12.1 Å². The van der Waals surface area contributed by atoms with Crippen molar-refractivity contribution in [1.29, 1.82) is 0 Å². The van der Waals surface area contributed by atoms with E-state index in [2.05, 4.69) is 101 Å². The molecule has 0 bridgehead atoms. The van der Waals surface area contributed by atoms with E-state index in [1.165, 1.54) is 33.4 Å². The first-order valence-corrected chi connectivity index (χ1v) is 9.12. The highest BCUT2D eigenvalue weighted by Gasteiger charge is 2.08. The summed E-state index contributed by atoms with van der Waals surface area (Å²) < 4.78 is 0. The predicted octanol–water partition coefficient (Wildman–Crippen LogP) is 7.02. The van der Waals surface area contributed by atoms with Gasteiger partial charge in [-0.15, -0.1) is 0 Å². The third kappa shape index (κ3) is 4.26. The highest BCUT2D eigenvalue weighted by atomic mass is 15.0. The fourth-order valence-electron chi connectivity index (χ4n) is 3.43. The number of anilines is 4. The Kier molecular flexibility index (Phi) is 5.03. The van der Waals surface area contributed by atoms with Gasteiger partial charge < -0.3 is 10.6 Å². The van der Waals surface area contributed by atoms with E-state index in [-0.39, 0.29) is 0 Å². The molecular weight excluding hydrogens is 316 g/mol. The van der Waals surface area contributed by atoms with E-state index in [1.54, 1.807) is 0 Å². The van der Waals surface area contributed by atoms with Crippen molar-refractivity contribution < 1.29 is 0 Å². The van der Waals surface area contributed by atoms with Crippen LogP contribution in [-0.4, -0.2) is 0 Å². The molecule has 3 aromatic rings. The van der Waals surface area contributed by atoms with Crippen LogP contribution in [0, 0.1) is 41.5 Å². The molecule has 2 N–H and O–H groups in total. The number of hydrogen-bond acceptors (Lipinski definition) is 2. The maximum absolute atomic E-state index is 3.61. The summed E-state index contributed by atoms with van der Waals surface area (Å²) in [5, 5.41) is 7.22. The molecule has 0 aliphatic heterocycles. The lowest BCUT2D eigenvalue weighted by atomic mass is 10.1. The Hall–Kier alpha value is -2.74. The summed E-state index contributed by atoms with van der Waals surface area (Å²) in [6, 6.07) is 17.6. The van der Waals surface area contributed by atoms with Crippen LogP contribution in [0.25, 0.3) is 0 Å². The fourth-order valence-corrected chi connectivity index (χ4v) is 3.43. The second-order valence-electron chi connectivity index (χ2n) is 7.48. The van der Waals surface area contributed by atoms with Crippen molar-refractivity contribution in [2.45, 2.75) is 41.5 Å². The summed E-state index contributed by atoms with van der Waals surface area (Å²) in [5.74, 6) is 0. The molecule has 26 heavy (non-hydrogen) atoms. The second kappa shape index (κ2) is 7.25. The number of rotatable bonds is 4. The predicted molar refractivity (Wildman–Crippen MR) is 114 cm³/mol. The van der Waals surface area contributed by atoms with Crippen molar-refractivity contribution in [2.24, 2.45) is 0 Å². The molecular formula is C24H28N2. The van der Waals surface area contributed by atoms with E-state index in [0.717, 1.165) is 22.7 Å². The van der Waals surface area contributed by atoms with Gasteiger partial charge in [0, 0.05) is 11.4 Å². The van der Waals surface area contributed by atoms with Gasteiger partial charge in [0.2, 0.25) is 0 Å². The molecule has 0 amide bonds. The first-order valence-electron chi connectivity index (χ1n) is 9.12. The van der Waals surface area contributed by atoms with Crippen LogP contribution in [0.2, 0.25) is 0 Å². The van der Waals surface area contributed by atoms with Gasteiger partial charge in [0.1, 0.15) is 0 Å². The molecule has 0 spiro atoms. The van der Waals surface area contributed by atoms with Crippen molar-refractivity contribution in [3.63, 3.8) is 0 Å². The minimum absolute atomic E-state index is 1.09. The Labute approximate surface area is 157 Å². The van der Waals surface area contributed by atoms with Gasteiger partial charge in [-0.05, 0) is 111 Å². The third-order valence-corrected chi connectivity index (χ3v) is 4.64. The van der Waals surface area contributed by atoms with E-state index >= 15 is 0 Å². The summed E-state index contributed by atoms with van der Waals surface area (Å²) in [5.41, 5.74) is 12.0. The van der Waals surface area contributed by atoms with Gasteiger partial charge in [0.25, 0.3) is 0 Å². The van der Waals surface area contributed by atoms with Crippen LogP contribution in [0.15, 0.2) is 48.5 Å². The topological polar surface area (TPSA) is 24.1 Å². The average molecular weight is 345 g/mol. The van der Waals surface area contributed by atoms with Crippen LogP contribution in [0.5, 0.6) is 0 Å². The lowest BCUT2D eigenvalue weighted by Crippen LogP contribution is -2.00. The molecule has 0 aliphatic carbocycles. The summed E-state index contributed by atoms with van der Waals surface area (Å²) >= 11 is 0. The standard InChI is InChI=1S/C24H28N2/c1-15-7-16(2)10-21(9-15)25-23-13-19(5)20(6)14-24(23)26-22-11-17(3)8-18(4)12-22/h7-14,25-26H,1-6H3. The van der Waals surface area contributed by atoms with E-state index in [1.807, 2.05) is 0 Å². The van der Waals surface area contributed by atoms with Crippen molar-refractivity contribution in [3.8, 4) is 0 Å². The molecule has 0 saturated heterocycles. The summed E-state index contributed by atoms with van der Waals surface area (Å²) in [4.78, 5) is 0. The lowest BCUT2D eigenvalue weighted by Gasteiger charge is -2.18. The SMILES string of the molecule is Cc1cc(C)cc(Nc2cc(C)c(C)cc2Nc2cc(C)cc(C)c2)c1. The van der Waals surface area contributed by atoms with Gasteiger partial charge >= 0.3 is 0 Å². The Bertz CT molecular complexity index is 836. The normalized spacial score (nSPS) is 10.7. The molecule has 2 nitrogen and oxygen atoms in total.